The van der Waals surface area contributed by atoms with Gasteiger partial charge in [0.25, 0.3) is 11.7 Å². The number of nitrogens with zero attached hydrogens (tertiary/aromatic N) is 2. The van der Waals surface area contributed by atoms with Crippen molar-refractivity contribution in [3.63, 3.8) is 0 Å². The van der Waals surface area contributed by atoms with Crippen LogP contribution < -0.4 is 4.74 Å². The molecule has 158 valence electrons. The zero-order valence-corrected chi connectivity index (χ0v) is 16.9. The van der Waals surface area contributed by atoms with Crippen LogP contribution in [0.4, 0.5) is 4.39 Å². The number of carbonyl (C=O) groups excluding carboxylic acids is 2. The number of hydrogen-bond acceptors (Lipinski definition) is 6. The summed E-state index contributed by atoms with van der Waals surface area (Å²) in [6.07, 6.45) is 0. The van der Waals surface area contributed by atoms with Gasteiger partial charge in [0.1, 0.15) is 23.1 Å². The number of aliphatic hydroxyl groups excluding tert-OH is 1. The average Bonchev–Trinajstić information content (AvgIpc) is 2.96. The Morgan fingerprint density at radius 2 is 1.90 bits per heavy atom. The van der Waals surface area contributed by atoms with Crippen LogP contribution in [0, 0.1) is 5.82 Å². The molecule has 2 aromatic rings. The van der Waals surface area contributed by atoms with Crippen molar-refractivity contribution in [2.24, 2.45) is 0 Å². The number of halogens is 1. The molecule has 8 heteroatoms. The van der Waals surface area contributed by atoms with E-state index in [4.69, 9.17) is 4.74 Å². The van der Waals surface area contributed by atoms with Gasteiger partial charge >= 0.3 is 0 Å². The third-order valence-electron chi connectivity index (χ3n) is 4.99. The number of aliphatic hydroxyl groups is 1. The fourth-order valence-corrected chi connectivity index (χ4v) is 3.42. The zero-order valence-electron chi connectivity index (χ0n) is 16.9. The zero-order chi connectivity index (χ0) is 22.0. The number of phenols is 1. The quantitative estimate of drug-likeness (QED) is 0.429. The van der Waals surface area contributed by atoms with Gasteiger partial charge in [-0.25, -0.2) is 4.39 Å². The van der Waals surface area contributed by atoms with Crippen LogP contribution in [0.3, 0.4) is 0 Å². The Morgan fingerprint density at radius 3 is 2.50 bits per heavy atom. The molecule has 1 heterocycles. The van der Waals surface area contributed by atoms with Crippen LogP contribution in [0.2, 0.25) is 0 Å². The van der Waals surface area contributed by atoms with E-state index in [2.05, 4.69) is 0 Å². The molecule has 0 saturated carbocycles. The van der Waals surface area contributed by atoms with Crippen molar-refractivity contribution < 1.29 is 28.9 Å². The van der Waals surface area contributed by atoms with E-state index in [9.17, 15) is 24.2 Å². The monoisotopic (exact) mass is 414 g/mol. The maximum atomic E-state index is 14.7. The van der Waals surface area contributed by atoms with Gasteiger partial charge < -0.3 is 24.7 Å². The Labute approximate surface area is 173 Å². The molecule has 1 amide bonds. The van der Waals surface area contributed by atoms with E-state index in [0.29, 0.717) is 12.3 Å². The first-order chi connectivity index (χ1) is 14.3. The van der Waals surface area contributed by atoms with Crippen molar-refractivity contribution in [1.29, 1.82) is 0 Å². The summed E-state index contributed by atoms with van der Waals surface area (Å²) in [7, 11) is 5.04. The Hall–Kier alpha value is -3.39. The summed E-state index contributed by atoms with van der Waals surface area (Å²) in [6, 6.07) is 8.81. The van der Waals surface area contributed by atoms with Crippen molar-refractivity contribution in [3.8, 4) is 11.5 Å². The molecule has 2 N–H and O–H groups in total. The lowest BCUT2D eigenvalue weighted by Crippen LogP contribution is -2.35. The second kappa shape index (κ2) is 8.54. The van der Waals surface area contributed by atoms with Crippen LogP contribution >= 0.6 is 0 Å². The number of hydrogen-bond donors (Lipinski definition) is 2. The summed E-state index contributed by atoms with van der Waals surface area (Å²) in [4.78, 5) is 28.7. The number of rotatable bonds is 6. The lowest BCUT2D eigenvalue weighted by molar-refractivity contribution is -0.140. The molecule has 0 spiro atoms. The number of ketones is 1. The number of Topliss-reactive ketones (excluding diaryl/α,β-unsaturated/α-hetero) is 1. The molecular formula is C22H23FN2O5. The number of benzene rings is 2. The Kier molecular flexibility index (Phi) is 6.07. The molecule has 1 aliphatic rings. The predicted molar refractivity (Wildman–Crippen MR) is 109 cm³/mol. The number of ether oxygens (including phenoxy) is 1. The van der Waals surface area contributed by atoms with Crippen molar-refractivity contribution >= 4 is 17.4 Å². The van der Waals surface area contributed by atoms with E-state index in [-0.39, 0.29) is 29.0 Å². The SMILES string of the molecule is COc1ccc(C(O)=C2C(=O)C(=O)N(CCN(C)C)C2c2ccccc2F)c(O)c1. The van der Waals surface area contributed by atoms with Crippen molar-refractivity contribution in [2.75, 3.05) is 34.3 Å². The molecule has 1 fully saturated rings. The smallest absolute Gasteiger partial charge is 0.295 e. The summed E-state index contributed by atoms with van der Waals surface area (Å²) in [5.74, 6) is -2.94. The third kappa shape index (κ3) is 3.86. The number of phenolic OH excluding ortho intramolecular Hbond substituents is 1. The highest BCUT2D eigenvalue weighted by Crippen LogP contribution is 2.41. The highest BCUT2D eigenvalue weighted by Gasteiger charge is 2.47. The number of likely N-dealkylation sites (tertiary alicyclic amines) is 1. The molecule has 0 bridgehead atoms. The fourth-order valence-electron chi connectivity index (χ4n) is 3.42. The number of carbonyl (C=O) groups is 2. The Bertz CT molecular complexity index is 1020. The summed E-state index contributed by atoms with van der Waals surface area (Å²) < 4.78 is 19.7. The minimum absolute atomic E-state index is 0.0530. The molecule has 0 aliphatic carbocycles. The third-order valence-corrected chi connectivity index (χ3v) is 4.99. The maximum Gasteiger partial charge on any atom is 0.295 e. The molecule has 2 aromatic carbocycles. The predicted octanol–water partition coefficient (Wildman–Crippen LogP) is 2.52. The fraction of sp³-hybridized carbons (Fsp3) is 0.273. The van der Waals surface area contributed by atoms with E-state index in [1.807, 2.05) is 19.0 Å². The van der Waals surface area contributed by atoms with Crippen molar-refractivity contribution in [2.45, 2.75) is 6.04 Å². The van der Waals surface area contributed by atoms with Crippen LogP contribution in [0.15, 0.2) is 48.0 Å². The largest absolute Gasteiger partial charge is 0.507 e. The van der Waals surface area contributed by atoms with Gasteiger partial charge in [-0.15, -0.1) is 0 Å². The minimum atomic E-state index is -1.12. The number of amides is 1. The molecule has 30 heavy (non-hydrogen) atoms. The molecule has 7 nitrogen and oxygen atoms in total. The van der Waals surface area contributed by atoms with Crippen molar-refractivity contribution in [1.82, 2.24) is 9.80 Å². The number of likely N-dealkylation sites (N-methyl/N-ethyl adjacent to an activating group) is 1. The first-order valence-corrected chi connectivity index (χ1v) is 9.31. The molecule has 0 radical (unpaired) electrons. The molecule has 1 unspecified atom stereocenters. The van der Waals surface area contributed by atoms with Crippen molar-refractivity contribution in [3.05, 3.63) is 65.0 Å². The van der Waals surface area contributed by atoms with Gasteiger partial charge in [-0.3, -0.25) is 9.59 Å². The molecule has 0 aromatic heterocycles. The van der Waals surface area contributed by atoms with Gasteiger partial charge in [0.15, 0.2) is 0 Å². The second-order valence-corrected chi connectivity index (χ2v) is 7.20. The van der Waals surface area contributed by atoms with Gasteiger partial charge in [-0.1, -0.05) is 18.2 Å². The summed E-state index contributed by atoms with van der Waals surface area (Å²) in [5.41, 5.74) is -0.239. The van der Waals surface area contributed by atoms with Crippen LogP contribution in [-0.2, 0) is 9.59 Å². The van der Waals surface area contributed by atoms with Crippen LogP contribution in [0.1, 0.15) is 17.2 Å². The molecule has 1 aliphatic heterocycles. The first kappa shape index (κ1) is 21.3. The Balaban J connectivity index is 2.19. The Morgan fingerprint density at radius 1 is 1.20 bits per heavy atom. The van der Waals surface area contributed by atoms with Gasteiger partial charge in [0, 0.05) is 24.7 Å². The first-order valence-electron chi connectivity index (χ1n) is 9.31. The van der Waals surface area contributed by atoms with Gasteiger partial charge in [0.2, 0.25) is 0 Å². The molecule has 3 rings (SSSR count). The van der Waals surface area contributed by atoms with E-state index >= 15 is 0 Å². The topological polar surface area (TPSA) is 90.3 Å². The molecular weight excluding hydrogens is 391 g/mol. The van der Waals surface area contributed by atoms with Crippen LogP contribution in [-0.4, -0.2) is 66.0 Å². The maximum absolute atomic E-state index is 14.7. The molecule has 1 saturated heterocycles. The van der Waals surface area contributed by atoms with Gasteiger partial charge in [-0.2, -0.15) is 0 Å². The number of methoxy groups -OCH3 is 1. The standard InChI is InChI=1S/C22H23FN2O5/c1-24(2)10-11-25-19(14-6-4-5-7-16(14)23)18(21(28)22(25)29)20(27)15-9-8-13(30-3)12-17(15)26/h4-9,12,19,26-27H,10-11H2,1-3H3. The normalized spacial score (nSPS) is 18.3. The summed E-state index contributed by atoms with van der Waals surface area (Å²) in [5, 5.41) is 21.2. The average molecular weight is 414 g/mol. The number of aromatic hydroxyl groups is 1. The van der Waals surface area contributed by atoms with E-state index < -0.39 is 29.3 Å². The van der Waals surface area contributed by atoms with Gasteiger partial charge in [-0.05, 0) is 32.3 Å². The summed E-state index contributed by atoms with van der Waals surface area (Å²) in [6.45, 7) is 0.591. The van der Waals surface area contributed by atoms with Crippen LogP contribution in [0.25, 0.3) is 5.76 Å². The molecule has 1 atom stereocenters. The highest BCUT2D eigenvalue weighted by atomic mass is 19.1. The van der Waals surface area contributed by atoms with Gasteiger partial charge in [0.05, 0.1) is 24.3 Å². The van der Waals surface area contributed by atoms with E-state index in [0.717, 1.165) is 0 Å². The lowest BCUT2D eigenvalue weighted by atomic mass is 9.94. The summed E-state index contributed by atoms with van der Waals surface area (Å²) >= 11 is 0. The lowest BCUT2D eigenvalue weighted by Gasteiger charge is -2.26. The second-order valence-electron chi connectivity index (χ2n) is 7.20. The van der Waals surface area contributed by atoms with Crippen LogP contribution in [0.5, 0.6) is 11.5 Å². The minimum Gasteiger partial charge on any atom is -0.507 e. The van der Waals surface area contributed by atoms with E-state index in [1.54, 1.807) is 6.07 Å². The highest BCUT2D eigenvalue weighted by molar-refractivity contribution is 6.46. The van der Waals surface area contributed by atoms with E-state index in [1.165, 1.54) is 48.4 Å².